The number of pyridine rings is 1. The van der Waals surface area contributed by atoms with Crippen LogP contribution in [0.1, 0.15) is 17.5 Å². The highest BCUT2D eigenvalue weighted by molar-refractivity contribution is 7.89. The van der Waals surface area contributed by atoms with Crippen molar-refractivity contribution in [2.45, 2.75) is 24.8 Å². The van der Waals surface area contributed by atoms with E-state index in [1.807, 2.05) is 19.1 Å². The molecule has 8 heteroatoms. The summed E-state index contributed by atoms with van der Waals surface area (Å²) in [7, 11) is -3.96. The molecule has 0 saturated carbocycles. The summed E-state index contributed by atoms with van der Waals surface area (Å²) in [6.07, 6.45) is 0.213. The minimum Gasteiger partial charge on any atom is -0.396 e. The number of halogens is 1. The normalized spacial score (nSPS) is 12.0. The summed E-state index contributed by atoms with van der Waals surface area (Å²) < 4.78 is 40.3. The molecule has 2 N–H and O–H groups in total. The molecule has 3 rings (SSSR count). The Hall–Kier alpha value is -2.55. The molecule has 6 nitrogen and oxygen atoms in total. The molecule has 1 aromatic heterocycles. The second-order valence-electron chi connectivity index (χ2n) is 6.58. The van der Waals surface area contributed by atoms with E-state index in [2.05, 4.69) is 4.98 Å². The van der Waals surface area contributed by atoms with Gasteiger partial charge < -0.3 is 10.1 Å². The third kappa shape index (κ3) is 4.30. The molecule has 0 aliphatic rings. The van der Waals surface area contributed by atoms with Gasteiger partial charge in [0, 0.05) is 30.8 Å². The number of sulfonamides is 1. The van der Waals surface area contributed by atoms with E-state index in [0.29, 0.717) is 11.1 Å². The van der Waals surface area contributed by atoms with Crippen molar-refractivity contribution in [3.05, 3.63) is 75.8 Å². The fourth-order valence-electron chi connectivity index (χ4n) is 2.97. The summed E-state index contributed by atoms with van der Waals surface area (Å²) in [5.41, 5.74) is 1.60. The monoisotopic (exact) mass is 404 g/mol. The van der Waals surface area contributed by atoms with Crippen LogP contribution in [0.25, 0.3) is 10.9 Å². The van der Waals surface area contributed by atoms with Gasteiger partial charge in [0.25, 0.3) is 5.56 Å². The van der Waals surface area contributed by atoms with E-state index < -0.39 is 15.8 Å². The van der Waals surface area contributed by atoms with E-state index in [9.17, 15) is 17.6 Å². The number of aromatic nitrogens is 1. The van der Waals surface area contributed by atoms with Crippen molar-refractivity contribution in [3.63, 3.8) is 0 Å². The van der Waals surface area contributed by atoms with E-state index in [-0.39, 0.29) is 36.6 Å². The molecule has 0 bridgehead atoms. The van der Waals surface area contributed by atoms with Gasteiger partial charge in [0.1, 0.15) is 5.82 Å². The molecule has 0 amide bonds. The molecular weight excluding hydrogens is 383 g/mol. The van der Waals surface area contributed by atoms with Crippen LogP contribution >= 0.6 is 0 Å². The first-order valence-electron chi connectivity index (χ1n) is 8.80. The molecule has 148 valence electrons. The molecule has 0 aliphatic carbocycles. The van der Waals surface area contributed by atoms with Gasteiger partial charge in [-0.1, -0.05) is 11.6 Å². The van der Waals surface area contributed by atoms with Gasteiger partial charge >= 0.3 is 0 Å². The highest BCUT2D eigenvalue weighted by Gasteiger charge is 2.25. The van der Waals surface area contributed by atoms with Crippen molar-refractivity contribution in [1.82, 2.24) is 9.29 Å². The van der Waals surface area contributed by atoms with Crippen molar-refractivity contribution >= 4 is 20.9 Å². The van der Waals surface area contributed by atoms with Gasteiger partial charge in [0.05, 0.1) is 4.90 Å². The predicted octanol–water partition coefficient (Wildman–Crippen LogP) is 2.55. The number of aromatic amines is 1. The molecule has 2 aromatic carbocycles. The van der Waals surface area contributed by atoms with E-state index in [0.717, 1.165) is 27.4 Å². The van der Waals surface area contributed by atoms with Gasteiger partial charge in [0.2, 0.25) is 10.0 Å². The quantitative estimate of drug-likeness (QED) is 0.633. The fraction of sp³-hybridized carbons (Fsp3) is 0.250. The Balaban J connectivity index is 2.01. The maximum absolute atomic E-state index is 13.2. The van der Waals surface area contributed by atoms with Gasteiger partial charge in [-0.25, -0.2) is 12.8 Å². The van der Waals surface area contributed by atoms with Crippen molar-refractivity contribution < 1.29 is 17.9 Å². The number of aryl methyl sites for hydroxylation is 1. The number of aliphatic hydroxyl groups is 1. The third-order valence-electron chi connectivity index (χ3n) is 4.44. The zero-order valence-corrected chi connectivity index (χ0v) is 16.2. The number of nitrogens with one attached hydrogen (secondary N) is 1. The summed E-state index contributed by atoms with van der Waals surface area (Å²) in [5, 5.41) is 9.94. The lowest BCUT2D eigenvalue weighted by Crippen LogP contribution is -2.34. The van der Waals surface area contributed by atoms with E-state index in [1.54, 1.807) is 12.1 Å². The highest BCUT2D eigenvalue weighted by atomic mass is 32.2. The van der Waals surface area contributed by atoms with E-state index >= 15 is 0 Å². The van der Waals surface area contributed by atoms with Gasteiger partial charge in [-0.3, -0.25) is 4.79 Å². The van der Waals surface area contributed by atoms with Crippen molar-refractivity contribution in [3.8, 4) is 0 Å². The minimum atomic E-state index is -3.96. The smallest absolute Gasteiger partial charge is 0.252 e. The number of hydrogen-bond acceptors (Lipinski definition) is 4. The minimum absolute atomic E-state index is 0.0293. The first-order valence-corrected chi connectivity index (χ1v) is 10.2. The molecule has 0 fully saturated rings. The van der Waals surface area contributed by atoms with Crippen LogP contribution in [0, 0.1) is 12.7 Å². The second kappa shape index (κ2) is 8.22. The Labute approximate surface area is 162 Å². The lowest BCUT2D eigenvalue weighted by molar-refractivity contribution is 0.267. The van der Waals surface area contributed by atoms with E-state index in [4.69, 9.17) is 5.11 Å². The number of benzene rings is 2. The lowest BCUT2D eigenvalue weighted by atomic mass is 10.1. The Morgan fingerprint density at radius 3 is 2.50 bits per heavy atom. The number of hydrogen-bond donors (Lipinski definition) is 2. The molecule has 0 spiro atoms. The average Bonchev–Trinajstić information content (AvgIpc) is 2.66. The van der Waals surface area contributed by atoms with Gasteiger partial charge in [-0.2, -0.15) is 4.31 Å². The second-order valence-corrected chi connectivity index (χ2v) is 8.52. The van der Waals surface area contributed by atoms with Crippen molar-refractivity contribution in [2.24, 2.45) is 0 Å². The Morgan fingerprint density at radius 2 is 1.82 bits per heavy atom. The van der Waals surface area contributed by atoms with Gasteiger partial charge in [-0.15, -0.1) is 0 Å². The molecule has 3 aromatic rings. The summed E-state index contributed by atoms with van der Waals surface area (Å²) in [6, 6.07) is 11.8. The number of rotatable bonds is 7. The topological polar surface area (TPSA) is 90.5 Å². The van der Waals surface area contributed by atoms with Crippen LogP contribution in [0.15, 0.2) is 58.2 Å². The number of H-pyrrole nitrogens is 1. The maximum atomic E-state index is 13.2. The van der Waals surface area contributed by atoms with Crippen LogP contribution in [0.2, 0.25) is 0 Å². The average molecular weight is 404 g/mol. The van der Waals surface area contributed by atoms with Crippen LogP contribution in [-0.4, -0.2) is 36.0 Å². The molecule has 0 saturated heterocycles. The standard InChI is InChI=1S/C20H21FN2O4S/c1-14-3-8-19-15(11-14)12-16(20(25)22-19)13-23(9-2-10-24)28(26,27)18-6-4-17(21)5-7-18/h3-8,11-12,24H,2,9-10,13H2,1H3,(H,22,25). The fourth-order valence-corrected chi connectivity index (χ4v) is 4.42. The summed E-state index contributed by atoms with van der Waals surface area (Å²) in [5.74, 6) is -0.540. The van der Waals surface area contributed by atoms with Crippen LogP contribution in [0.4, 0.5) is 4.39 Å². The maximum Gasteiger partial charge on any atom is 0.252 e. The zero-order valence-electron chi connectivity index (χ0n) is 15.4. The molecule has 0 atom stereocenters. The van der Waals surface area contributed by atoms with Gasteiger partial charge in [0.15, 0.2) is 0 Å². The first-order chi connectivity index (χ1) is 13.3. The third-order valence-corrected chi connectivity index (χ3v) is 6.30. The number of nitrogens with zero attached hydrogens (tertiary/aromatic N) is 1. The SMILES string of the molecule is Cc1ccc2[nH]c(=O)c(CN(CCCO)S(=O)(=O)c3ccc(F)cc3)cc2c1. The Kier molecular flexibility index (Phi) is 5.93. The first kappa shape index (κ1) is 20.2. The van der Waals surface area contributed by atoms with Gasteiger partial charge in [-0.05, 0) is 61.2 Å². The van der Waals surface area contributed by atoms with E-state index in [1.165, 1.54) is 12.1 Å². The van der Waals surface area contributed by atoms with Crippen molar-refractivity contribution in [2.75, 3.05) is 13.2 Å². The van der Waals surface area contributed by atoms with Crippen LogP contribution in [0.5, 0.6) is 0 Å². The molecule has 0 aliphatic heterocycles. The number of fused-ring (bicyclic) bond motifs is 1. The number of aliphatic hydroxyl groups excluding tert-OH is 1. The zero-order chi connectivity index (χ0) is 20.3. The Morgan fingerprint density at radius 1 is 1.11 bits per heavy atom. The summed E-state index contributed by atoms with van der Waals surface area (Å²) in [4.78, 5) is 15.2. The van der Waals surface area contributed by atoms with Crippen LogP contribution < -0.4 is 5.56 Å². The summed E-state index contributed by atoms with van der Waals surface area (Å²) >= 11 is 0. The predicted molar refractivity (Wildman–Crippen MR) is 105 cm³/mol. The largest absolute Gasteiger partial charge is 0.396 e. The molecule has 28 heavy (non-hydrogen) atoms. The molecule has 1 heterocycles. The van der Waals surface area contributed by atoms with Crippen LogP contribution in [0.3, 0.4) is 0 Å². The summed E-state index contributed by atoms with van der Waals surface area (Å²) in [6.45, 7) is 1.61. The van der Waals surface area contributed by atoms with Crippen LogP contribution in [-0.2, 0) is 16.6 Å². The van der Waals surface area contributed by atoms with Crippen molar-refractivity contribution in [1.29, 1.82) is 0 Å². The molecular formula is C20H21FN2O4S. The highest BCUT2D eigenvalue weighted by Crippen LogP contribution is 2.20. The molecule has 0 unspecified atom stereocenters. The Bertz CT molecular complexity index is 1140. The molecule has 0 radical (unpaired) electrons. The lowest BCUT2D eigenvalue weighted by Gasteiger charge is -2.22.